The van der Waals surface area contributed by atoms with Gasteiger partial charge in [-0.05, 0) is 24.6 Å². The Labute approximate surface area is 93.2 Å². The fraction of sp³-hybridized carbons (Fsp3) is 0.273. The number of pyridine rings is 1. The van der Waals surface area contributed by atoms with E-state index in [4.69, 9.17) is 0 Å². The van der Waals surface area contributed by atoms with Crippen LogP contribution in [0.1, 0.15) is 6.92 Å². The third-order valence-electron chi connectivity index (χ3n) is 2.57. The van der Waals surface area contributed by atoms with Gasteiger partial charge in [-0.25, -0.2) is 4.98 Å². The van der Waals surface area contributed by atoms with E-state index in [9.17, 15) is 9.90 Å². The van der Waals surface area contributed by atoms with Crippen LogP contribution in [0.2, 0.25) is 0 Å². The molecule has 1 amide bonds. The Morgan fingerprint density at radius 1 is 1.56 bits per heavy atom. The lowest BCUT2D eigenvalue weighted by atomic mass is 10.0. The Morgan fingerprint density at radius 3 is 2.88 bits per heavy atom. The van der Waals surface area contributed by atoms with E-state index < -0.39 is 0 Å². The summed E-state index contributed by atoms with van der Waals surface area (Å²) in [6.45, 7) is 3.28. The SMILES string of the molecule is CC(C(=O)Nc1ncccc1O)=C1CNC1. The number of hydrogen-bond acceptors (Lipinski definition) is 4. The predicted molar refractivity (Wildman–Crippen MR) is 60.1 cm³/mol. The Kier molecular flexibility index (Phi) is 2.87. The molecule has 0 atom stereocenters. The van der Waals surface area contributed by atoms with Crippen molar-refractivity contribution in [3.63, 3.8) is 0 Å². The molecular weight excluding hydrogens is 206 g/mol. The molecule has 16 heavy (non-hydrogen) atoms. The van der Waals surface area contributed by atoms with Gasteiger partial charge in [0.25, 0.3) is 5.91 Å². The standard InChI is InChI=1S/C11H13N3O2/c1-7(8-5-12-6-8)11(16)14-10-9(15)3-2-4-13-10/h2-4,12,15H,5-6H2,1H3,(H,13,14,16). The summed E-state index contributed by atoms with van der Waals surface area (Å²) in [5, 5.41) is 15.1. The average Bonchev–Trinajstić information content (AvgIpc) is 2.18. The molecule has 1 aromatic rings. The van der Waals surface area contributed by atoms with Crippen LogP contribution in [0.4, 0.5) is 5.82 Å². The van der Waals surface area contributed by atoms with Gasteiger partial charge < -0.3 is 15.7 Å². The molecule has 1 fully saturated rings. The molecule has 5 nitrogen and oxygen atoms in total. The number of carbonyl (C=O) groups excluding carboxylic acids is 1. The van der Waals surface area contributed by atoms with E-state index in [2.05, 4.69) is 15.6 Å². The number of nitrogens with one attached hydrogen (secondary N) is 2. The number of hydrogen-bond donors (Lipinski definition) is 3. The molecule has 1 aliphatic rings. The van der Waals surface area contributed by atoms with Gasteiger partial charge in [0, 0.05) is 24.9 Å². The highest BCUT2D eigenvalue weighted by atomic mass is 16.3. The molecule has 2 rings (SSSR count). The summed E-state index contributed by atoms with van der Waals surface area (Å²) in [6.07, 6.45) is 1.52. The minimum absolute atomic E-state index is 0.0274. The highest BCUT2D eigenvalue weighted by Gasteiger charge is 2.17. The summed E-state index contributed by atoms with van der Waals surface area (Å²) in [4.78, 5) is 15.6. The fourth-order valence-corrected chi connectivity index (χ4v) is 1.37. The number of anilines is 1. The molecule has 2 heterocycles. The predicted octanol–water partition coefficient (Wildman–Crippen LogP) is 0.645. The maximum atomic E-state index is 11.8. The van der Waals surface area contributed by atoms with E-state index in [-0.39, 0.29) is 17.5 Å². The van der Waals surface area contributed by atoms with Crippen molar-refractivity contribution in [1.29, 1.82) is 0 Å². The quantitative estimate of drug-likeness (QED) is 0.638. The molecule has 0 bridgehead atoms. The van der Waals surface area contributed by atoms with Crippen LogP contribution in [-0.2, 0) is 4.79 Å². The van der Waals surface area contributed by atoms with Crippen molar-refractivity contribution >= 4 is 11.7 Å². The molecule has 5 heteroatoms. The lowest BCUT2D eigenvalue weighted by Crippen LogP contribution is -2.36. The maximum Gasteiger partial charge on any atom is 0.252 e. The second kappa shape index (κ2) is 4.32. The van der Waals surface area contributed by atoms with Crippen LogP contribution >= 0.6 is 0 Å². The van der Waals surface area contributed by atoms with E-state index in [1.165, 1.54) is 12.3 Å². The highest BCUT2D eigenvalue weighted by Crippen LogP contribution is 2.19. The smallest absolute Gasteiger partial charge is 0.252 e. The van der Waals surface area contributed by atoms with Gasteiger partial charge in [-0.1, -0.05) is 0 Å². The van der Waals surface area contributed by atoms with Gasteiger partial charge in [-0.3, -0.25) is 4.79 Å². The minimum Gasteiger partial charge on any atom is -0.504 e. The van der Waals surface area contributed by atoms with Crippen molar-refractivity contribution in [3.8, 4) is 5.75 Å². The molecule has 0 unspecified atom stereocenters. The topological polar surface area (TPSA) is 74.2 Å². The summed E-state index contributed by atoms with van der Waals surface area (Å²) in [5.41, 5.74) is 1.77. The molecule has 1 saturated heterocycles. The molecule has 3 N–H and O–H groups in total. The molecule has 0 aliphatic carbocycles. The normalized spacial score (nSPS) is 14.2. The average molecular weight is 219 g/mol. The zero-order valence-corrected chi connectivity index (χ0v) is 8.95. The first-order valence-electron chi connectivity index (χ1n) is 5.03. The van der Waals surface area contributed by atoms with Crippen LogP contribution in [0, 0.1) is 0 Å². The summed E-state index contributed by atoms with van der Waals surface area (Å²) in [6, 6.07) is 3.09. The van der Waals surface area contributed by atoms with Gasteiger partial charge in [0.15, 0.2) is 11.6 Å². The van der Waals surface area contributed by atoms with Gasteiger partial charge in [0.05, 0.1) is 0 Å². The van der Waals surface area contributed by atoms with Crippen LogP contribution in [-0.4, -0.2) is 29.1 Å². The van der Waals surface area contributed by atoms with E-state index in [0.717, 1.165) is 18.7 Å². The number of nitrogens with zero attached hydrogens (tertiary/aromatic N) is 1. The Balaban J connectivity index is 2.11. The van der Waals surface area contributed by atoms with Crippen molar-refractivity contribution < 1.29 is 9.90 Å². The zero-order valence-electron chi connectivity index (χ0n) is 8.95. The van der Waals surface area contributed by atoms with Crippen molar-refractivity contribution in [1.82, 2.24) is 10.3 Å². The molecule has 0 radical (unpaired) electrons. The second-order valence-corrected chi connectivity index (χ2v) is 3.66. The Hall–Kier alpha value is -1.88. The van der Waals surface area contributed by atoms with Crippen LogP contribution in [0.5, 0.6) is 5.75 Å². The maximum absolute atomic E-state index is 11.8. The lowest BCUT2D eigenvalue weighted by Gasteiger charge is -2.21. The third-order valence-corrected chi connectivity index (χ3v) is 2.57. The number of carbonyl (C=O) groups is 1. The van der Waals surface area contributed by atoms with Gasteiger partial charge in [-0.15, -0.1) is 0 Å². The largest absolute Gasteiger partial charge is 0.504 e. The highest BCUT2D eigenvalue weighted by molar-refractivity contribution is 6.04. The number of aromatic nitrogens is 1. The fourth-order valence-electron chi connectivity index (χ4n) is 1.37. The zero-order chi connectivity index (χ0) is 11.5. The number of amides is 1. The van der Waals surface area contributed by atoms with Crippen molar-refractivity contribution in [2.75, 3.05) is 18.4 Å². The summed E-state index contributed by atoms with van der Waals surface area (Å²) in [7, 11) is 0. The Morgan fingerprint density at radius 2 is 2.31 bits per heavy atom. The van der Waals surface area contributed by atoms with E-state index in [0.29, 0.717) is 5.57 Å². The molecular formula is C11H13N3O2. The molecule has 84 valence electrons. The van der Waals surface area contributed by atoms with Crippen molar-refractivity contribution in [2.45, 2.75) is 6.92 Å². The van der Waals surface area contributed by atoms with Crippen LogP contribution in [0.15, 0.2) is 29.5 Å². The van der Waals surface area contributed by atoms with Crippen LogP contribution in [0.25, 0.3) is 0 Å². The van der Waals surface area contributed by atoms with Gasteiger partial charge >= 0.3 is 0 Å². The van der Waals surface area contributed by atoms with Crippen molar-refractivity contribution in [2.24, 2.45) is 0 Å². The van der Waals surface area contributed by atoms with Crippen LogP contribution < -0.4 is 10.6 Å². The van der Waals surface area contributed by atoms with Crippen LogP contribution in [0.3, 0.4) is 0 Å². The van der Waals surface area contributed by atoms with Gasteiger partial charge in [0.1, 0.15) is 0 Å². The molecule has 1 aromatic heterocycles. The molecule has 1 aliphatic heterocycles. The Bertz CT molecular complexity index is 448. The van der Waals surface area contributed by atoms with E-state index in [1.54, 1.807) is 13.0 Å². The first-order valence-corrected chi connectivity index (χ1v) is 5.03. The van der Waals surface area contributed by atoms with Gasteiger partial charge in [-0.2, -0.15) is 0 Å². The molecule has 0 aromatic carbocycles. The van der Waals surface area contributed by atoms with E-state index >= 15 is 0 Å². The first-order chi connectivity index (χ1) is 7.68. The number of aromatic hydroxyl groups is 1. The van der Waals surface area contributed by atoms with Crippen molar-refractivity contribution in [3.05, 3.63) is 29.5 Å². The van der Waals surface area contributed by atoms with Gasteiger partial charge in [0.2, 0.25) is 0 Å². The summed E-state index contributed by atoms with van der Waals surface area (Å²) >= 11 is 0. The molecule has 0 spiro atoms. The summed E-state index contributed by atoms with van der Waals surface area (Å²) in [5.74, 6) is -0.0504. The minimum atomic E-state index is -0.217. The second-order valence-electron chi connectivity index (χ2n) is 3.66. The monoisotopic (exact) mass is 219 g/mol. The first kappa shape index (κ1) is 10.6. The third kappa shape index (κ3) is 2.04. The van der Waals surface area contributed by atoms with E-state index in [1.807, 2.05) is 0 Å². The number of rotatable bonds is 2. The molecule has 0 saturated carbocycles. The lowest BCUT2D eigenvalue weighted by molar-refractivity contribution is -0.112. The summed E-state index contributed by atoms with van der Waals surface area (Å²) < 4.78 is 0.